The van der Waals surface area contributed by atoms with Gasteiger partial charge >= 0.3 is 0 Å². The third-order valence-corrected chi connectivity index (χ3v) is 4.61. The van der Waals surface area contributed by atoms with Crippen LogP contribution in [-0.4, -0.2) is 5.38 Å². The van der Waals surface area contributed by atoms with Crippen LogP contribution in [0.5, 0.6) is 0 Å². The third kappa shape index (κ3) is 2.14. The monoisotopic (exact) mass is 228 g/mol. The summed E-state index contributed by atoms with van der Waals surface area (Å²) in [7, 11) is 0. The lowest BCUT2D eigenvalue weighted by Gasteiger charge is -2.19. The van der Waals surface area contributed by atoms with E-state index in [1.807, 2.05) is 11.3 Å². The van der Waals surface area contributed by atoms with E-state index in [-0.39, 0.29) is 0 Å². The molecule has 2 rings (SSSR count). The van der Waals surface area contributed by atoms with Crippen molar-refractivity contribution in [2.45, 2.75) is 50.3 Å². The number of aryl methyl sites for hydroxylation is 1. The minimum absolute atomic E-state index is 0.366. The maximum absolute atomic E-state index is 6.46. The Morgan fingerprint density at radius 1 is 1.29 bits per heavy atom. The van der Waals surface area contributed by atoms with Gasteiger partial charge in [0.1, 0.15) is 0 Å². The van der Waals surface area contributed by atoms with Gasteiger partial charge in [0, 0.05) is 16.2 Å². The van der Waals surface area contributed by atoms with Crippen molar-refractivity contribution >= 4 is 22.9 Å². The van der Waals surface area contributed by atoms with Crippen LogP contribution in [0, 0.1) is 6.92 Å². The highest BCUT2D eigenvalue weighted by Gasteiger charge is 2.24. The highest BCUT2D eigenvalue weighted by molar-refractivity contribution is 7.10. The average molecular weight is 229 g/mol. The summed E-state index contributed by atoms with van der Waals surface area (Å²) in [5.74, 6) is 0.616. The Balaban J connectivity index is 2.19. The fourth-order valence-corrected chi connectivity index (χ4v) is 3.58. The summed E-state index contributed by atoms with van der Waals surface area (Å²) < 4.78 is 0. The summed E-state index contributed by atoms with van der Waals surface area (Å²) in [4.78, 5) is 1.46. The predicted molar refractivity (Wildman–Crippen MR) is 64.5 cm³/mol. The van der Waals surface area contributed by atoms with E-state index in [9.17, 15) is 0 Å². The lowest BCUT2D eigenvalue weighted by molar-refractivity contribution is 0.599. The fraction of sp³-hybridized carbons (Fsp3) is 0.667. The molecule has 14 heavy (non-hydrogen) atoms. The number of hydrogen-bond acceptors (Lipinski definition) is 1. The molecule has 2 heteroatoms. The zero-order valence-electron chi connectivity index (χ0n) is 8.63. The molecule has 0 amide bonds. The van der Waals surface area contributed by atoms with Crippen molar-refractivity contribution in [1.29, 1.82) is 0 Å². The number of halogens is 1. The molecule has 78 valence electrons. The van der Waals surface area contributed by atoms with Gasteiger partial charge in [-0.15, -0.1) is 22.9 Å². The lowest BCUT2D eigenvalue weighted by Crippen LogP contribution is -2.11. The zero-order valence-corrected chi connectivity index (χ0v) is 10.2. The molecule has 0 N–H and O–H groups in total. The first-order valence-electron chi connectivity index (χ1n) is 5.47. The van der Waals surface area contributed by atoms with Gasteiger partial charge in [-0.25, -0.2) is 0 Å². The second kappa shape index (κ2) is 4.67. The first-order valence-corrected chi connectivity index (χ1v) is 6.78. The maximum Gasteiger partial charge on any atom is 0.0405 e. The molecule has 0 saturated heterocycles. The van der Waals surface area contributed by atoms with E-state index in [2.05, 4.69) is 18.4 Å². The van der Waals surface area contributed by atoms with Crippen LogP contribution in [0.1, 0.15) is 48.5 Å². The number of thiophene rings is 1. The van der Waals surface area contributed by atoms with Crippen molar-refractivity contribution in [2.75, 3.05) is 0 Å². The second-order valence-electron chi connectivity index (χ2n) is 4.19. The summed E-state index contributed by atoms with van der Waals surface area (Å²) in [6.45, 7) is 2.22. The molecule has 0 aliphatic heterocycles. The van der Waals surface area contributed by atoms with Crippen molar-refractivity contribution < 1.29 is 0 Å². The fourth-order valence-electron chi connectivity index (χ4n) is 2.39. The van der Waals surface area contributed by atoms with Gasteiger partial charge in [0.15, 0.2) is 0 Å². The van der Waals surface area contributed by atoms with Gasteiger partial charge in [0.25, 0.3) is 0 Å². The second-order valence-corrected chi connectivity index (χ2v) is 5.87. The van der Waals surface area contributed by atoms with Crippen LogP contribution in [0.3, 0.4) is 0 Å². The third-order valence-electron chi connectivity index (χ3n) is 3.23. The normalized spacial score (nSPS) is 28.7. The van der Waals surface area contributed by atoms with Crippen LogP contribution in [0.25, 0.3) is 0 Å². The van der Waals surface area contributed by atoms with E-state index in [1.54, 1.807) is 0 Å². The summed E-state index contributed by atoms with van der Waals surface area (Å²) >= 11 is 8.30. The highest BCUT2D eigenvalue weighted by atomic mass is 35.5. The van der Waals surface area contributed by atoms with E-state index < -0.39 is 0 Å². The minimum atomic E-state index is 0.366. The molecule has 0 aromatic carbocycles. The topological polar surface area (TPSA) is 0 Å². The Kier molecular flexibility index (Phi) is 3.51. The van der Waals surface area contributed by atoms with Gasteiger partial charge in [-0.3, -0.25) is 0 Å². The molecule has 0 bridgehead atoms. The Labute approximate surface area is 95.3 Å². The first kappa shape index (κ1) is 10.5. The summed E-state index contributed by atoms with van der Waals surface area (Å²) in [5.41, 5.74) is 1.51. The van der Waals surface area contributed by atoms with Gasteiger partial charge in [-0.1, -0.05) is 19.3 Å². The van der Waals surface area contributed by atoms with Gasteiger partial charge in [-0.2, -0.15) is 0 Å². The largest absolute Gasteiger partial charge is 0.149 e. The average Bonchev–Trinajstić information content (AvgIpc) is 2.46. The molecule has 1 aromatic rings. The quantitative estimate of drug-likeness (QED) is 0.482. The van der Waals surface area contributed by atoms with E-state index >= 15 is 0 Å². The molecule has 2 atom stereocenters. The van der Waals surface area contributed by atoms with Crippen LogP contribution >= 0.6 is 22.9 Å². The molecular weight excluding hydrogens is 212 g/mol. The van der Waals surface area contributed by atoms with Crippen molar-refractivity contribution in [2.24, 2.45) is 0 Å². The first-order chi connectivity index (χ1) is 6.79. The molecule has 1 fully saturated rings. The van der Waals surface area contributed by atoms with Crippen LogP contribution < -0.4 is 0 Å². The Morgan fingerprint density at radius 3 is 2.79 bits per heavy atom. The molecule has 0 spiro atoms. The molecule has 1 saturated carbocycles. The Hall–Kier alpha value is -0.0100. The van der Waals surface area contributed by atoms with E-state index in [4.69, 9.17) is 11.6 Å². The number of rotatable bonds is 1. The molecule has 1 aliphatic rings. The van der Waals surface area contributed by atoms with Crippen molar-refractivity contribution in [3.05, 3.63) is 21.9 Å². The molecule has 1 aliphatic carbocycles. The van der Waals surface area contributed by atoms with Crippen LogP contribution in [0.4, 0.5) is 0 Å². The van der Waals surface area contributed by atoms with Crippen LogP contribution in [-0.2, 0) is 0 Å². The Morgan fingerprint density at radius 2 is 2.07 bits per heavy atom. The van der Waals surface area contributed by atoms with Gasteiger partial charge in [0.05, 0.1) is 0 Å². The van der Waals surface area contributed by atoms with Crippen molar-refractivity contribution in [1.82, 2.24) is 0 Å². The SMILES string of the molecule is Cc1sccc1C1CCCCCC1Cl. The summed E-state index contributed by atoms with van der Waals surface area (Å²) in [6, 6.07) is 2.27. The van der Waals surface area contributed by atoms with E-state index in [0.29, 0.717) is 11.3 Å². The molecule has 2 unspecified atom stereocenters. The highest BCUT2D eigenvalue weighted by Crippen LogP contribution is 2.37. The Bertz CT molecular complexity index is 292. The lowest BCUT2D eigenvalue weighted by atomic mass is 9.92. The molecule has 0 nitrogen and oxygen atoms in total. The van der Waals surface area contributed by atoms with Gasteiger partial charge in [-0.05, 0) is 36.8 Å². The van der Waals surface area contributed by atoms with Crippen molar-refractivity contribution in [3.8, 4) is 0 Å². The number of alkyl halides is 1. The predicted octanol–water partition coefficient (Wildman–Crippen LogP) is 4.71. The molecular formula is C12H17ClS. The zero-order chi connectivity index (χ0) is 9.97. The molecule has 1 aromatic heterocycles. The summed E-state index contributed by atoms with van der Waals surface area (Å²) in [6.07, 6.45) is 6.51. The standard InChI is InChI=1S/C12H17ClS/c1-9-10(7-8-14-9)11-5-3-2-4-6-12(11)13/h7-8,11-12H,2-6H2,1H3. The minimum Gasteiger partial charge on any atom is -0.149 e. The smallest absolute Gasteiger partial charge is 0.0405 e. The van der Waals surface area contributed by atoms with E-state index in [1.165, 1.54) is 42.5 Å². The summed E-state index contributed by atoms with van der Waals surface area (Å²) in [5, 5.41) is 2.56. The number of hydrogen-bond donors (Lipinski definition) is 0. The van der Waals surface area contributed by atoms with E-state index in [0.717, 1.165) is 0 Å². The van der Waals surface area contributed by atoms with Crippen molar-refractivity contribution in [3.63, 3.8) is 0 Å². The molecule has 0 radical (unpaired) electrons. The van der Waals surface area contributed by atoms with Gasteiger partial charge < -0.3 is 0 Å². The van der Waals surface area contributed by atoms with Crippen LogP contribution in [0.15, 0.2) is 11.4 Å². The van der Waals surface area contributed by atoms with Gasteiger partial charge in [0.2, 0.25) is 0 Å². The molecule has 1 heterocycles. The maximum atomic E-state index is 6.46. The van der Waals surface area contributed by atoms with Crippen LogP contribution in [0.2, 0.25) is 0 Å².